The van der Waals surface area contributed by atoms with Crippen LogP contribution in [0.5, 0.6) is 0 Å². The first-order valence-electron chi connectivity index (χ1n) is 6.74. The Kier molecular flexibility index (Phi) is 4.97. The molecular weight excluding hydrogens is 316 g/mol. The molecule has 22 heavy (non-hydrogen) atoms. The SMILES string of the molecule is CS(=O)(=O)N1CCCC(NC(=O)Nc2cccc(F)c2F)C1. The van der Waals surface area contributed by atoms with Gasteiger partial charge in [0.1, 0.15) is 0 Å². The summed E-state index contributed by atoms with van der Waals surface area (Å²) in [6.45, 7) is 0.578. The molecule has 1 atom stereocenters. The molecule has 1 fully saturated rings. The molecule has 1 heterocycles. The maximum absolute atomic E-state index is 13.5. The molecule has 0 radical (unpaired) electrons. The minimum absolute atomic E-state index is 0.165. The number of piperidine rings is 1. The van der Waals surface area contributed by atoms with Crippen molar-refractivity contribution in [3.63, 3.8) is 0 Å². The number of carbonyl (C=O) groups excluding carboxylic acids is 1. The summed E-state index contributed by atoms with van der Waals surface area (Å²) in [7, 11) is -3.31. The van der Waals surface area contributed by atoms with Gasteiger partial charge in [0.05, 0.1) is 11.9 Å². The minimum Gasteiger partial charge on any atom is -0.334 e. The summed E-state index contributed by atoms with van der Waals surface area (Å²) >= 11 is 0. The highest BCUT2D eigenvalue weighted by Gasteiger charge is 2.27. The molecule has 0 spiro atoms. The Labute approximate surface area is 127 Å². The summed E-state index contributed by atoms with van der Waals surface area (Å²) in [4.78, 5) is 11.8. The average Bonchev–Trinajstić information content (AvgIpc) is 2.43. The Morgan fingerprint density at radius 1 is 1.36 bits per heavy atom. The van der Waals surface area contributed by atoms with Crippen LogP contribution in [0.15, 0.2) is 18.2 Å². The first-order valence-corrected chi connectivity index (χ1v) is 8.59. The van der Waals surface area contributed by atoms with Gasteiger partial charge in [0.2, 0.25) is 10.0 Å². The van der Waals surface area contributed by atoms with Gasteiger partial charge >= 0.3 is 6.03 Å². The van der Waals surface area contributed by atoms with Gasteiger partial charge in [-0.1, -0.05) is 6.07 Å². The molecule has 1 unspecified atom stereocenters. The summed E-state index contributed by atoms with van der Waals surface area (Å²) in [5.74, 6) is -2.20. The Morgan fingerprint density at radius 2 is 2.09 bits per heavy atom. The maximum atomic E-state index is 13.5. The van der Waals surface area contributed by atoms with Crippen molar-refractivity contribution >= 4 is 21.7 Å². The minimum atomic E-state index is -3.31. The number of amides is 2. The largest absolute Gasteiger partial charge is 0.334 e. The molecule has 9 heteroatoms. The van der Waals surface area contributed by atoms with E-state index in [1.54, 1.807) is 0 Å². The lowest BCUT2D eigenvalue weighted by Gasteiger charge is -2.31. The number of benzene rings is 1. The van der Waals surface area contributed by atoms with Gasteiger partial charge in [0.25, 0.3) is 0 Å². The number of halogens is 2. The second-order valence-electron chi connectivity index (χ2n) is 5.16. The predicted molar refractivity (Wildman–Crippen MR) is 78.0 cm³/mol. The highest BCUT2D eigenvalue weighted by Crippen LogP contribution is 2.17. The van der Waals surface area contributed by atoms with Gasteiger partial charge in [0.15, 0.2) is 11.6 Å². The molecule has 1 aromatic rings. The van der Waals surface area contributed by atoms with Crippen molar-refractivity contribution in [2.24, 2.45) is 0 Å². The van der Waals surface area contributed by atoms with Crippen LogP contribution in [0.3, 0.4) is 0 Å². The molecular formula is C13H17F2N3O3S. The van der Waals surface area contributed by atoms with Gasteiger partial charge in [-0.2, -0.15) is 0 Å². The Balaban J connectivity index is 1.96. The zero-order valence-corrected chi connectivity index (χ0v) is 12.8. The normalized spacial score (nSPS) is 19.7. The van der Waals surface area contributed by atoms with Crippen LogP contribution in [-0.2, 0) is 10.0 Å². The van der Waals surface area contributed by atoms with E-state index in [9.17, 15) is 22.0 Å². The number of sulfonamides is 1. The third-order valence-electron chi connectivity index (χ3n) is 3.39. The highest BCUT2D eigenvalue weighted by atomic mass is 32.2. The monoisotopic (exact) mass is 333 g/mol. The van der Waals surface area contributed by atoms with Gasteiger partial charge in [0, 0.05) is 19.1 Å². The molecule has 122 valence electrons. The quantitative estimate of drug-likeness (QED) is 0.880. The standard InChI is InChI=1S/C13H17F2N3O3S/c1-22(20,21)18-7-3-4-9(8-18)16-13(19)17-11-6-2-5-10(14)12(11)15/h2,5-6,9H,3-4,7-8H2,1H3,(H2,16,17,19). The number of rotatable bonds is 3. The molecule has 2 amide bonds. The van der Waals surface area contributed by atoms with Gasteiger partial charge in [-0.05, 0) is 25.0 Å². The zero-order valence-electron chi connectivity index (χ0n) is 12.0. The third kappa shape index (κ3) is 4.14. The number of nitrogens with one attached hydrogen (secondary N) is 2. The van der Waals surface area contributed by atoms with Gasteiger partial charge in [-0.15, -0.1) is 0 Å². The van der Waals surface area contributed by atoms with E-state index in [0.717, 1.165) is 12.3 Å². The van der Waals surface area contributed by atoms with Crippen molar-refractivity contribution in [2.75, 3.05) is 24.7 Å². The number of urea groups is 1. The molecule has 0 bridgehead atoms. The molecule has 6 nitrogen and oxygen atoms in total. The van der Waals surface area contributed by atoms with Crippen LogP contribution in [0.1, 0.15) is 12.8 Å². The van der Waals surface area contributed by atoms with E-state index in [4.69, 9.17) is 0 Å². The zero-order chi connectivity index (χ0) is 16.3. The van der Waals surface area contributed by atoms with Crippen LogP contribution in [0.25, 0.3) is 0 Å². The van der Waals surface area contributed by atoms with E-state index in [0.29, 0.717) is 19.4 Å². The van der Waals surface area contributed by atoms with Crippen LogP contribution >= 0.6 is 0 Å². The molecule has 2 N–H and O–H groups in total. The van der Waals surface area contributed by atoms with Crippen LogP contribution in [0.4, 0.5) is 19.3 Å². The first-order chi connectivity index (χ1) is 10.3. The molecule has 1 aliphatic rings. The molecule has 0 saturated carbocycles. The van der Waals surface area contributed by atoms with E-state index in [2.05, 4.69) is 10.6 Å². The first kappa shape index (κ1) is 16.6. The predicted octanol–water partition coefficient (Wildman–Crippen LogP) is 1.51. The number of carbonyl (C=O) groups is 1. The molecule has 0 aliphatic carbocycles. The van der Waals surface area contributed by atoms with E-state index in [-0.39, 0.29) is 18.3 Å². The fraction of sp³-hybridized carbons (Fsp3) is 0.462. The molecule has 2 rings (SSSR count). The summed E-state index contributed by atoms with van der Waals surface area (Å²) in [5.41, 5.74) is -0.270. The topological polar surface area (TPSA) is 78.5 Å². The van der Waals surface area contributed by atoms with E-state index >= 15 is 0 Å². The van der Waals surface area contributed by atoms with Crippen molar-refractivity contribution in [3.8, 4) is 0 Å². The van der Waals surface area contributed by atoms with E-state index in [1.165, 1.54) is 16.4 Å². The van der Waals surface area contributed by atoms with Crippen LogP contribution < -0.4 is 10.6 Å². The average molecular weight is 333 g/mol. The van der Waals surface area contributed by atoms with Crippen LogP contribution in [0, 0.1) is 11.6 Å². The molecule has 0 aromatic heterocycles. The summed E-state index contributed by atoms with van der Waals surface area (Å²) in [6, 6.07) is 2.38. The van der Waals surface area contributed by atoms with Crippen LogP contribution in [-0.4, -0.2) is 44.1 Å². The third-order valence-corrected chi connectivity index (χ3v) is 4.66. The second kappa shape index (κ2) is 6.57. The van der Waals surface area contributed by atoms with Crippen molar-refractivity contribution in [2.45, 2.75) is 18.9 Å². The van der Waals surface area contributed by atoms with Gasteiger partial charge in [-0.3, -0.25) is 0 Å². The van der Waals surface area contributed by atoms with E-state index < -0.39 is 27.7 Å². The molecule has 1 saturated heterocycles. The number of nitrogens with zero attached hydrogens (tertiary/aromatic N) is 1. The lowest BCUT2D eigenvalue weighted by molar-refractivity contribution is 0.236. The van der Waals surface area contributed by atoms with Gasteiger partial charge < -0.3 is 10.6 Å². The highest BCUT2D eigenvalue weighted by molar-refractivity contribution is 7.88. The van der Waals surface area contributed by atoms with Crippen LogP contribution in [0.2, 0.25) is 0 Å². The summed E-state index contributed by atoms with van der Waals surface area (Å²) in [5, 5.41) is 4.79. The number of hydrogen-bond donors (Lipinski definition) is 2. The fourth-order valence-electron chi connectivity index (χ4n) is 2.31. The Morgan fingerprint density at radius 3 is 2.77 bits per heavy atom. The lowest BCUT2D eigenvalue weighted by Crippen LogP contribution is -2.50. The lowest BCUT2D eigenvalue weighted by atomic mass is 10.1. The van der Waals surface area contributed by atoms with E-state index in [1.807, 2.05) is 0 Å². The number of anilines is 1. The van der Waals surface area contributed by atoms with Crippen molar-refractivity contribution in [1.29, 1.82) is 0 Å². The van der Waals surface area contributed by atoms with Crippen molar-refractivity contribution < 1.29 is 22.0 Å². The van der Waals surface area contributed by atoms with Crippen molar-refractivity contribution in [1.82, 2.24) is 9.62 Å². The van der Waals surface area contributed by atoms with Crippen molar-refractivity contribution in [3.05, 3.63) is 29.8 Å². The smallest absolute Gasteiger partial charge is 0.319 e. The van der Waals surface area contributed by atoms with Gasteiger partial charge in [-0.25, -0.2) is 26.3 Å². The molecule has 1 aromatic carbocycles. The summed E-state index contributed by atoms with van der Waals surface area (Å²) in [6.07, 6.45) is 2.34. The fourth-order valence-corrected chi connectivity index (χ4v) is 3.22. The Bertz CT molecular complexity index is 666. The maximum Gasteiger partial charge on any atom is 0.319 e. The summed E-state index contributed by atoms with van der Waals surface area (Å²) < 4.78 is 50.8. The Hall–Kier alpha value is -1.74. The molecule has 1 aliphatic heterocycles. The second-order valence-corrected chi connectivity index (χ2v) is 7.14. The number of hydrogen-bond acceptors (Lipinski definition) is 3.